The second-order valence-electron chi connectivity index (χ2n) is 6.72. The lowest BCUT2D eigenvalue weighted by Crippen LogP contribution is -2.43. The van der Waals surface area contributed by atoms with Gasteiger partial charge < -0.3 is 5.32 Å². The molecule has 146 valence electrons. The zero-order valence-electron chi connectivity index (χ0n) is 15.8. The number of hydrogen-bond acceptors (Lipinski definition) is 3. The predicted octanol–water partition coefficient (Wildman–Crippen LogP) is 2.59. The summed E-state index contributed by atoms with van der Waals surface area (Å²) < 4.78 is 15.5. The van der Waals surface area contributed by atoms with Crippen molar-refractivity contribution in [3.05, 3.63) is 80.7 Å². The molecule has 0 aliphatic rings. The summed E-state index contributed by atoms with van der Waals surface area (Å²) in [6.07, 6.45) is 0.615. The lowest BCUT2D eigenvalue weighted by Gasteiger charge is -2.17. The normalized spacial score (nSPS) is 12.1. The van der Waals surface area contributed by atoms with Gasteiger partial charge in [0.05, 0.1) is 10.9 Å². The molecule has 1 aromatic heterocycles. The van der Waals surface area contributed by atoms with Crippen molar-refractivity contribution in [3.8, 4) is 0 Å². The second kappa shape index (κ2) is 8.21. The maximum Gasteiger partial charge on any atom is 0.332 e. The molecule has 0 bridgehead atoms. The predicted molar refractivity (Wildman–Crippen MR) is 106 cm³/mol. The number of rotatable bonds is 6. The molecule has 1 heterocycles. The number of aromatic nitrogens is 2. The van der Waals surface area contributed by atoms with Crippen LogP contribution in [0.25, 0.3) is 10.9 Å². The Hall–Kier alpha value is -3.22. The first-order valence-corrected chi connectivity index (χ1v) is 9.17. The van der Waals surface area contributed by atoms with Crippen LogP contribution in [-0.2, 0) is 17.9 Å². The number of para-hydroxylation sites is 1. The minimum absolute atomic E-state index is 0.211. The van der Waals surface area contributed by atoms with E-state index in [-0.39, 0.29) is 36.4 Å². The number of halogens is 1. The first-order chi connectivity index (χ1) is 13.4. The number of amides is 1. The molecule has 0 radical (unpaired) electrons. The fourth-order valence-corrected chi connectivity index (χ4v) is 3.07. The van der Waals surface area contributed by atoms with Crippen molar-refractivity contribution >= 4 is 16.8 Å². The van der Waals surface area contributed by atoms with Gasteiger partial charge in [-0.3, -0.25) is 18.7 Å². The topological polar surface area (TPSA) is 73.1 Å². The first kappa shape index (κ1) is 19.5. The molecule has 1 N–H and O–H groups in total. The molecule has 0 saturated heterocycles. The Morgan fingerprint density at radius 3 is 2.46 bits per heavy atom. The first-order valence-electron chi connectivity index (χ1n) is 9.17. The van der Waals surface area contributed by atoms with Gasteiger partial charge in [0, 0.05) is 12.6 Å². The van der Waals surface area contributed by atoms with E-state index in [1.54, 1.807) is 43.3 Å². The Labute approximate surface area is 161 Å². The molecule has 3 aromatic rings. The molecule has 2 aromatic carbocycles. The molecule has 28 heavy (non-hydrogen) atoms. The van der Waals surface area contributed by atoms with Crippen LogP contribution in [0.1, 0.15) is 31.9 Å². The minimum Gasteiger partial charge on any atom is -0.350 e. The van der Waals surface area contributed by atoms with Crippen LogP contribution in [0.4, 0.5) is 4.39 Å². The fraction of sp³-hybridized carbons (Fsp3) is 0.286. The van der Waals surface area contributed by atoms with Crippen molar-refractivity contribution in [2.24, 2.45) is 0 Å². The monoisotopic (exact) mass is 383 g/mol. The largest absolute Gasteiger partial charge is 0.350 e. The van der Waals surface area contributed by atoms with Crippen molar-refractivity contribution in [3.63, 3.8) is 0 Å². The van der Waals surface area contributed by atoms with Gasteiger partial charge in [-0.05, 0) is 43.2 Å². The van der Waals surface area contributed by atoms with Gasteiger partial charge in [-0.15, -0.1) is 0 Å². The van der Waals surface area contributed by atoms with Crippen molar-refractivity contribution in [2.75, 3.05) is 0 Å². The van der Waals surface area contributed by atoms with Gasteiger partial charge in [0.25, 0.3) is 5.56 Å². The average molecular weight is 383 g/mol. The van der Waals surface area contributed by atoms with E-state index in [2.05, 4.69) is 5.32 Å². The Morgan fingerprint density at radius 2 is 1.79 bits per heavy atom. The van der Waals surface area contributed by atoms with Gasteiger partial charge in [0.15, 0.2) is 0 Å². The van der Waals surface area contributed by atoms with Gasteiger partial charge in [-0.2, -0.15) is 0 Å². The third kappa shape index (κ3) is 3.88. The van der Waals surface area contributed by atoms with Crippen molar-refractivity contribution in [1.82, 2.24) is 14.5 Å². The summed E-state index contributed by atoms with van der Waals surface area (Å²) in [5, 5.41) is 3.12. The lowest BCUT2D eigenvalue weighted by molar-refractivity contribution is -0.121. The summed E-state index contributed by atoms with van der Waals surface area (Å²) in [7, 11) is 0. The average Bonchev–Trinajstić information content (AvgIpc) is 2.70. The van der Waals surface area contributed by atoms with Crippen LogP contribution in [-0.4, -0.2) is 15.0 Å². The quantitative estimate of drug-likeness (QED) is 0.711. The summed E-state index contributed by atoms with van der Waals surface area (Å²) in [6.45, 7) is 3.70. The van der Waals surface area contributed by atoms with Crippen molar-refractivity contribution in [2.45, 2.75) is 39.4 Å². The maximum atomic E-state index is 13.0. The molecule has 0 unspecified atom stereocenters. The molecule has 0 spiro atoms. The van der Waals surface area contributed by atoms with Gasteiger partial charge in [-0.1, -0.05) is 31.2 Å². The third-order valence-corrected chi connectivity index (χ3v) is 4.82. The van der Waals surface area contributed by atoms with Gasteiger partial charge >= 0.3 is 5.69 Å². The molecule has 7 heteroatoms. The highest BCUT2D eigenvalue weighted by Crippen LogP contribution is 2.11. The lowest BCUT2D eigenvalue weighted by atomic mass is 10.2. The minimum atomic E-state index is -0.505. The number of benzene rings is 2. The Balaban J connectivity index is 1.93. The van der Waals surface area contributed by atoms with Crippen LogP contribution < -0.4 is 16.6 Å². The maximum absolute atomic E-state index is 13.0. The van der Waals surface area contributed by atoms with E-state index in [9.17, 15) is 18.8 Å². The van der Waals surface area contributed by atoms with Gasteiger partial charge in [0.1, 0.15) is 12.4 Å². The van der Waals surface area contributed by atoms with Crippen LogP contribution in [0.15, 0.2) is 58.1 Å². The standard InChI is InChI=1S/C21H22FN3O3/c1-3-14(2)25-20(27)17-6-4-5-7-18(17)24(21(25)28)13-19(26)23-12-15-8-10-16(22)11-9-15/h4-11,14H,3,12-13H2,1-2H3,(H,23,26)/t14-/m0/s1. The van der Waals surface area contributed by atoms with Crippen LogP contribution in [0.2, 0.25) is 0 Å². The van der Waals surface area contributed by atoms with E-state index in [1.807, 2.05) is 6.92 Å². The summed E-state index contributed by atoms with van der Waals surface area (Å²) in [5.74, 6) is -0.716. The summed E-state index contributed by atoms with van der Waals surface area (Å²) in [4.78, 5) is 38.2. The number of carbonyl (C=O) groups excluding carboxylic acids is 1. The Bertz CT molecular complexity index is 1120. The van der Waals surface area contributed by atoms with E-state index < -0.39 is 5.69 Å². The highest BCUT2D eigenvalue weighted by Gasteiger charge is 2.17. The Morgan fingerprint density at radius 1 is 1.11 bits per heavy atom. The zero-order valence-corrected chi connectivity index (χ0v) is 15.8. The van der Waals surface area contributed by atoms with E-state index >= 15 is 0 Å². The number of hydrogen-bond donors (Lipinski definition) is 1. The fourth-order valence-electron chi connectivity index (χ4n) is 3.07. The van der Waals surface area contributed by atoms with E-state index in [1.165, 1.54) is 21.3 Å². The molecule has 0 fully saturated rings. The number of nitrogens with zero attached hydrogens (tertiary/aromatic N) is 2. The Kier molecular flexibility index (Phi) is 5.73. The summed E-state index contributed by atoms with van der Waals surface area (Å²) >= 11 is 0. The van der Waals surface area contributed by atoms with Gasteiger partial charge in [-0.25, -0.2) is 9.18 Å². The molecule has 0 aliphatic carbocycles. The molecule has 3 rings (SSSR count). The number of carbonyl (C=O) groups is 1. The van der Waals surface area contributed by atoms with Crippen molar-refractivity contribution in [1.29, 1.82) is 0 Å². The third-order valence-electron chi connectivity index (χ3n) is 4.82. The van der Waals surface area contributed by atoms with Crippen LogP contribution in [0, 0.1) is 5.82 Å². The summed E-state index contributed by atoms with van der Waals surface area (Å²) in [5.41, 5.74) is 0.318. The summed E-state index contributed by atoms with van der Waals surface area (Å²) in [6, 6.07) is 12.3. The molecule has 0 aliphatic heterocycles. The molecular weight excluding hydrogens is 361 g/mol. The smallest absolute Gasteiger partial charge is 0.332 e. The van der Waals surface area contributed by atoms with Gasteiger partial charge in [0.2, 0.25) is 5.91 Å². The van der Waals surface area contributed by atoms with Crippen LogP contribution >= 0.6 is 0 Å². The molecule has 1 atom stereocenters. The molecular formula is C21H22FN3O3. The van der Waals surface area contributed by atoms with Crippen LogP contribution in [0.5, 0.6) is 0 Å². The highest BCUT2D eigenvalue weighted by molar-refractivity contribution is 5.81. The second-order valence-corrected chi connectivity index (χ2v) is 6.72. The number of nitrogens with one attached hydrogen (secondary N) is 1. The molecule has 0 saturated carbocycles. The van der Waals surface area contributed by atoms with Crippen molar-refractivity contribution < 1.29 is 9.18 Å². The SMILES string of the molecule is CC[C@H](C)n1c(=O)c2ccccc2n(CC(=O)NCc2ccc(F)cc2)c1=O. The van der Waals surface area contributed by atoms with E-state index in [0.29, 0.717) is 17.3 Å². The van der Waals surface area contributed by atoms with E-state index in [0.717, 1.165) is 5.56 Å². The zero-order chi connectivity index (χ0) is 20.3. The van der Waals surface area contributed by atoms with Crippen LogP contribution in [0.3, 0.4) is 0 Å². The number of fused-ring (bicyclic) bond motifs is 1. The molecule has 6 nitrogen and oxygen atoms in total. The highest BCUT2D eigenvalue weighted by atomic mass is 19.1. The molecule has 1 amide bonds. The van der Waals surface area contributed by atoms with E-state index in [4.69, 9.17) is 0 Å².